The van der Waals surface area contributed by atoms with Gasteiger partial charge in [0, 0.05) is 39.4 Å². The number of nitrogens with zero attached hydrogens (tertiary/aromatic N) is 2. The molecule has 5 nitrogen and oxygen atoms in total. The van der Waals surface area contributed by atoms with Gasteiger partial charge in [-0.1, -0.05) is 0 Å². The maximum atomic E-state index is 10.9. The van der Waals surface area contributed by atoms with E-state index < -0.39 is 11.4 Å². The summed E-state index contributed by atoms with van der Waals surface area (Å²) < 4.78 is 20.6. The average Bonchev–Trinajstić information content (AvgIpc) is 2.19. The lowest BCUT2D eigenvalue weighted by Gasteiger charge is -2.00. The zero-order valence-electron chi connectivity index (χ0n) is 8.51. The van der Waals surface area contributed by atoms with E-state index in [1.165, 1.54) is 0 Å². The molecule has 0 rings (SSSR count). The van der Waals surface area contributed by atoms with E-state index in [0.29, 0.717) is 26.1 Å². The minimum Gasteiger partial charge on any atom is -0.301 e. The van der Waals surface area contributed by atoms with E-state index in [2.05, 4.69) is 9.98 Å². The summed E-state index contributed by atoms with van der Waals surface area (Å²) in [5, 5.41) is 0. The van der Waals surface area contributed by atoms with Crippen LogP contribution < -0.4 is 0 Å². The highest BCUT2D eigenvalue weighted by molar-refractivity contribution is 7.75. The molecule has 0 aliphatic heterocycles. The van der Waals surface area contributed by atoms with Crippen LogP contribution in [0.3, 0.4) is 0 Å². The van der Waals surface area contributed by atoms with Gasteiger partial charge in [-0.3, -0.25) is 8.37 Å². The molecule has 0 amide bonds. The fraction of sp³-hybridized carbons (Fsp3) is 0.750. The summed E-state index contributed by atoms with van der Waals surface area (Å²) in [6.45, 7) is 0.706. The summed E-state index contributed by atoms with van der Waals surface area (Å²) in [4.78, 5) is 7.51. The molecule has 0 aromatic rings. The molecular formula is C8H16N2O3S. The van der Waals surface area contributed by atoms with Gasteiger partial charge in [0.1, 0.15) is 0 Å². The first kappa shape index (κ1) is 13.4. The van der Waals surface area contributed by atoms with Crippen LogP contribution in [-0.4, -0.2) is 43.9 Å². The van der Waals surface area contributed by atoms with Crippen LogP contribution in [-0.2, 0) is 19.7 Å². The quantitative estimate of drug-likeness (QED) is 0.448. The van der Waals surface area contributed by atoms with Gasteiger partial charge in [-0.05, 0) is 0 Å². The molecule has 0 bridgehead atoms. The van der Waals surface area contributed by atoms with Crippen molar-refractivity contribution in [2.45, 2.75) is 12.8 Å². The van der Waals surface area contributed by atoms with Gasteiger partial charge in [-0.25, -0.2) is 0 Å². The molecule has 0 aromatic heterocycles. The number of hydrogen-bond acceptors (Lipinski definition) is 5. The van der Waals surface area contributed by atoms with Crippen molar-refractivity contribution in [3.05, 3.63) is 0 Å². The molecule has 0 aliphatic carbocycles. The van der Waals surface area contributed by atoms with Gasteiger partial charge < -0.3 is 9.98 Å². The van der Waals surface area contributed by atoms with Gasteiger partial charge in [0.2, 0.25) is 0 Å². The van der Waals surface area contributed by atoms with Crippen LogP contribution in [0.5, 0.6) is 0 Å². The Bertz CT molecular complexity index is 187. The van der Waals surface area contributed by atoms with Crippen LogP contribution >= 0.6 is 0 Å². The van der Waals surface area contributed by atoms with Crippen molar-refractivity contribution in [2.75, 3.05) is 27.3 Å². The third kappa shape index (κ3) is 9.50. The predicted molar refractivity (Wildman–Crippen MR) is 58.1 cm³/mol. The molecule has 0 aliphatic rings. The number of rotatable bonds is 8. The van der Waals surface area contributed by atoms with Crippen molar-refractivity contribution in [2.24, 2.45) is 9.98 Å². The number of aliphatic imine (C=N–C) groups is 2. The number of hydrogen-bond donors (Lipinski definition) is 0. The fourth-order valence-electron chi connectivity index (χ4n) is 0.630. The van der Waals surface area contributed by atoms with Crippen molar-refractivity contribution in [1.82, 2.24) is 0 Å². The zero-order chi connectivity index (χ0) is 10.6. The Morgan fingerprint density at radius 3 is 1.86 bits per heavy atom. The second-order valence-corrected chi connectivity index (χ2v) is 3.19. The molecule has 0 saturated heterocycles. The van der Waals surface area contributed by atoms with Crippen LogP contribution in [0.1, 0.15) is 12.8 Å². The predicted octanol–water partition coefficient (Wildman–Crippen LogP) is 0.780. The first-order valence-corrected chi connectivity index (χ1v) is 5.30. The fourth-order valence-corrected chi connectivity index (χ4v) is 1.16. The first-order valence-electron chi connectivity index (χ1n) is 4.30. The lowest BCUT2D eigenvalue weighted by atomic mass is 10.5. The molecule has 0 saturated carbocycles. The Labute approximate surface area is 87.1 Å². The Kier molecular flexibility index (Phi) is 10.0. The molecule has 0 aromatic carbocycles. The molecule has 6 heteroatoms. The van der Waals surface area contributed by atoms with Gasteiger partial charge in [0.15, 0.2) is 0 Å². The molecule has 0 spiro atoms. The third-order valence-corrected chi connectivity index (χ3v) is 1.94. The van der Waals surface area contributed by atoms with E-state index in [4.69, 9.17) is 8.37 Å². The van der Waals surface area contributed by atoms with Crippen molar-refractivity contribution in [3.63, 3.8) is 0 Å². The smallest absolute Gasteiger partial charge is 0.301 e. The molecule has 0 unspecified atom stereocenters. The van der Waals surface area contributed by atoms with Gasteiger partial charge in [0.25, 0.3) is 0 Å². The molecule has 82 valence electrons. The van der Waals surface area contributed by atoms with Crippen molar-refractivity contribution < 1.29 is 12.6 Å². The lowest BCUT2D eigenvalue weighted by Crippen LogP contribution is -2.05. The van der Waals surface area contributed by atoms with Gasteiger partial charge in [-0.2, -0.15) is 4.21 Å². The van der Waals surface area contributed by atoms with Gasteiger partial charge in [0.05, 0.1) is 13.2 Å². The largest absolute Gasteiger partial charge is 0.304 e. The molecule has 0 atom stereocenters. The Balaban J connectivity index is 3.28. The third-order valence-electron chi connectivity index (χ3n) is 1.22. The topological polar surface area (TPSA) is 60.2 Å². The summed E-state index contributed by atoms with van der Waals surface area (Å²) >= 11 is -1.65. The maximum absolute atomic E-state index is 10.9. The lowest BCUT2D eigenvalue weighted by molar-refractivity contribution is 0.260. The van der Waals surface area contributed by atoms with E-state index in [9.17, 15) is 4.21 Å². The van der Waals surface area contributed by atoms with Crippen molar-refractivity contribution in [3.8, 4) is 0 Å². The molecule has 0 N–H and O–H groups in total. The Hall–Kier alpha value is -0.590. The van der Waals surface area contributed by atoms with Crippen LogP contribution in [0.25, 0.3) is 0 Å². The Morgan fingerprint density at radius 1 is 1.07 bits per heavy atom. The summed E-state index contributed by atoms with van der Waals surface area (Å²) in [7, 11) is 3.36. The van der Waals surface area contributed by atoms with E-state index in [0.717, 1.165) is 0 Å². The maximum Gasteiger partial charge on any atom is 0.304 e. The SMILES string of the molecule is C/N=C/CCOS(=O)OCC/C=N/C. The highest BCUT2D eigenvalue weighted by Gasteiger charge is 1.98. The minimum absolute atomic E-state index is 0.353. The van der Waals surface area contributed by atoms with E-state index in [-0.39, 0.29) is 0 Å². The molecule has 0 fully saturated rings. The Morgan fingerprint density at radius 2 is 1.50 bits per heavy atom. The average molecular weight is 220 g/mol. The summed E-state index contributed by atoms with van der Waals surface area (Å²) in [6, 6.07) is 0. The summed E-state index contributed by atoms with van der Waals surface area (Å²) in [6.07, 6.45) is 4.67. The van der Waals surface area contributed by atoms with E-state index >= 15 is 0 Å². The normalized spacial score (nSPS) is 12.2. The molecular weight excluding hydrogens is 204 g/mol. The van der Waals surface area contributed by atoms with Crippen LogP contribution in [0.15, 0.2) is 9.98 Å². The highest BCUT2D eigenvalue weighted by atomic mass is 32.2. The molecule has 14 heavy (non-hydrogen) atoms. The van der Waals surface area contributed by atoms with E-state index in [1.807, 2.05) is 0 Å². The molecule has 0 radical (unpaired) electrons. The van der Waals surface area contributed by atoms with Crippen LogP contribution in [0, 0.1) is 0 Å². The second-order valence-electron chi connectivity index (χ2n) is 2.31. The molecule has 0 heterocycles. The first-order chi connectivity index (χ1) is 6.81. The summed E-state index contributed by atoms with van der Waals surface area (Å²) in [5.74, 6) is 0. The monoisotopic (exact) mass is 220 g/mol. The minimum atomic E-state index is -1.65. The van der Waals surface area contributed by atoms with E-state index in [1.54, 1.807) is 26.5 Å². The van der Waals surface area contributed by atoms with Crippen LogP contribution in [0.4, 0.5) is 0 Å². The van der Waals surface area contributed by atoms with Crippen LogP contribution in [0.2, 0.25) is 0 Å². The summed E-state index contributed by atoms with van der Waals surface area (Å²) in [5.41, 5.74) is 0. The highest BCUT2D eigenvalue weighted by Crippen LogP contribution is 1.91. The van der Waals surface area contributed by atoms with Gasteiger partial charge >= 0.3 is 11.4 Å². The van der Waals surface area contributed by atoms with Gasteiger partial charge in [-0.15, -0.1) is 0 Å². The zero-order valence-corrected chi connectivity index (χ0v) is 9.33. The standard InChI is InChI=1S/C8H16N2O3S/c1-9-5-3-7-12-14(11)13-8-4-6-10-2/h5-6H,3-4,7-8H2,1-2H3/b9-5+,10-6+. The van der Waals surface area contributed by atoms with Crippen molar-refractivity contribution >= 4 is 23.8 Å². The second kappa shape index (κ2) is 10.5. The van der Waals surface area contributed by atoms with Crippen molar-refractivity contribution in [1.29, 1.82) is 0 Å².